The lowest BCUT2D eigenvalue weighted by Crippen LogP contribution is -2.35. The fourth-order valence-electron chi connectivity index (χ4n) is 3.56. The second kappa shape index (κ2) is 8.10. The number of amides is 1. The molecule has 0 unspecified atom stereocenters. The summed E-state index contributed by atoms with van der Waals surface area (Å²) in [7, 11) is 0. The first kappa shape index (κ1) is 19.2. The number of ketones is 1. The van der Waals surface area contributed by atoms with Gasteiger partial charge in [-0.3, -0.25) is 10.1 Å². The van der Waals surface area contributed by atoms with E-state index in [4.69, 9.17) is 14.2 Å². The maximum absolute atomic E-state index is 12.3. The molecule has 1 N–H and O–H groups in total. The number of nitrogens with one attached hydrogen (secondary N) is 1. The van der Waals surface area contributed by atoms with E-state index in [0.29, 0.717) is 30.1 Å². The van der Waals surface area contributed by atoms with Gasteiger partial charge < -0.3 is 14.2 Å². The van der Waals surface area contributed by atoms with Crippen LogP contribution in [0.1, 0.15) is 29.1 Å². The van der Waals surface area contributed by atoms with Crippen molar-refractivity contribution in [3.05, 3.63) is 48.3 Å². The average molecular weight is 399 g/mol. The van der Waals surface area contributed by atoms with Gasteiger partial charge in [-0.15, -0.1) is 11.7 Å². The molecule has 2 aromatic rings. The number of benzene rings is 1. The number of aromatic nitrogens is 4. The molecule has 10 nitrogen and oxygen atoms in total. The van der Waals surface area contributed by atoms with E-state index in [2.05, 4.69) is 27.4 Å². The Balaban J connectivity index is 1.36. The van der Waals surface area contributed by atoms with E-state index in [1.165, 1.54) is 6.92 Å². The van der Waals surface area contributed by atoms with E-state index in [9.17, 15) is 9.59 Å². The Kier molecular flexibility index (Phi) is 5.36. The van der Waals surface area contributed by atoms with Crippen LogP contribution < -0.4 is 5.32 Å². The first-order chi connectivity index (χ1) is 14.1. The lowest BCUT2D eigenvalue weighted by Gasteiger charge is -2.17. The molecule has 3 heterocycles. The Morgan fingerprint density at radius 1 is 1.28 bits per heavy atom. The summed E-state index contributed by atoms with van der Waals surface area (Å²) in [4.78, 5) is 23.6. The van der Waals surface area contributed by atoms with Crippen LogP contribution in [0.5, 0.6) is 0 Å². The molecule has 2 saturated heterocycles. The summed E-state index contributed by atoms with van der Waals surface area (Å²) in [5.74, 6) is 0.633. The average Bonchev–Trinajstić information content (AvgIpc) is 3.40. The van der Waals surface area contributed by atoms with Crippen molar-refractivity contribution >= 4 is 17.6 Å². The summed E-state index contributed by atoms with van der Waals surface area (Å²) >= 11 is 0. The third-order valence-electron chi connectivity index (χ3n) is 4.98. The minimum absolute atomic E-state index is 0.0416. The molecule has 152 valence electrons. The SMILES string of the molecule is C=CCc1nnnn1[C@H]1CO[C@H]2[C@@H]1OC[C@H]2OC(=O)Nc1ccc(C(C)=O)cc1. The Morgan fingerprint density at radius 3 is 2.76 bits per heavy atom. The zero-order valence-electron chi connectivity index (χ0n) is 15.9. The van der Waals surface area contributed by atoms with Crippen molar-refractivity contribution in [2.45, 2.75) is 37.7 Å². The quantitative estimate of drug-likeness (QED) is 0.574. The first-order valence-electron chi connectivity index (χ1n) is 9.26. The Hall–Kier alpha value is -3.11. The van der Waals surface area contributed by atoms with Crippen molar-refractivity contribution in [1.29, 1.82) is 0 Å². The Morgan fingerprint density at radius 2 is 2.03 bits per heavy atom. The van der Waals surface area contributed by atoms with Gasteiger partial charge in [0.05, 0.1) is 13.2 Å². The molecule has 2 aliphatic heterocycles. The molecule has 4 rings (SSSR count). The topological polar surface area (TPSA) is 117 Å². The number of rotatable bonds is 6. The highest BCUT2D eigenvalue weighted by Crippen LogP contribution is 2.35. The molecule has 2 aliphatic rings. The molecular weight excluding hydrogens is 378 g/mol. The molecular formula is C19H21N5O5. The van der Waals surface area contributed by atoms with Crippen LogP contribution in [-0.4, -0.2) is 63.6 Å². The Bertz CT molecular complexity index is 912. The first-order valence-corrected chi connectivity index (χ1v) is 9.26. The highest BCUT2D eigenvalue weighted by Gasteiger charge is 2.51. The van der Waals surface area contributed by atoms with Crippen LogP contribution in [0.4, 0.5) is 10.5 Å². The summed E-state index contributed by atoms with van der Waals surface area (Å²) < 4.78 is 18.9. The van der Waals surface area contributed by atoms with E-state index in [-0.39, 0.29) is 24.5 Å². The second-order valence-electron chi connectivity index (χ2n) is 6.90. The highest BCUT2D eigenvalue weighted by molar-refractivity contribution is 5.94. The van der Waals surface area contributed by atoms with E-state index in [1.807, 2.05) is 0 Å². The third-order valence-corrected chi connectivity index (χ3v) is 4.98. The van der Waals surface area contributed by atoms with Gasteiger partial charge in [0.15, 0.2) is 17.7 Å². The van der Waals surface area contributed by atoms with Crippen LogP contribution >= 0.6 is 0 Å². The largest absolute Gasteiger partial charge is 0.441 e. The zero-order chi connectivity index (χ0) is 20.4. The maximum atomic E-state index is 12.3. The van der Waals surface area contributed by atoms with Crippen LogP contribution in [0.15, 0.2) is 36.9 Å². The number of anilines is 1. The van der Waals surface area contributed by atoms with Crippen molar-refractivity contribution in [3.8, 4) is 0 Å². The van der Waals surface area contributed by atoms with Crippen LogP contribution in [-0.2, 0) is 20.6 Å². The van der Waals surface area contributed by atoms with Crippen LogP contribution in [0.25, 0.3) is 0 Å². The standard InChI is InChI=1S/C19H21N5O5/c1-3-4-16-21-22-23-24(16)14-9-27-18-15(10-28-17(14)18)29-19(26)20-13-7-5-12(6-8-13)11(2)25/h3,5-8,14-15,17-18H,1,4,9-10H2,2H3,(H,20,26)/t14-,15+,17+,18+/m0/s1. The number of hydrogen-bond donors (Lipinski definition) is 1. The summed E-state index contributed by atoms with van der Waals surface area (Å²) in [5, 5.41) is 14.4. The number of Topliss-reactive ketones (excluding diaryl/α,β-unsaturated/α-hetero) is 1. The summed E-state index contributed by atoms with van der Waals surface area (Å²) in [5.41, 5.74) is 1.10. The minimum Gasteiger partial charge on any atom is -0.441 e. The monoisotopic (exact) mass is 399 g/mol. The molecule has 1 amide bonds. The third kappa shape index (κ3) is 3.89. The molecule has 1 aromatic heterocycles. The van der Waals surface area contributed by atoms with Crippen molar-refractivity contribution in [2.75, 3.05) is 18.5 Å². The normalized spacial score (nSPS) is 25.4. The Labute approximate surface area is 166 Å². The molecule has 0 aliphatic carbocycles. The van der Waals surface area contributed by atoms with E-state index < -0.39 is 18.3 Å². The number of ether oxygens (including phenoxy) is 3. The smallest absolute Gasteiger partial charge is 0.412 e. The van der Waals surface area contributed by atoms with Crippen molar-refractivity contribution in [2.24, 2.45) is 0 Å². The van der Waals surface area contributed by atoms with Crippen molar-refractivity contribution < 1.29 is 23.8 Å². The van der Waals surface area contributed by atoms with Crippen LogP contribution in [0, 0.1) is 0 Å². The molecule has 0 saturated carbocycles. The minimum atomic E-state index is -0.614. The molecule has 0 radical (unpaired) electrons. The van der Waals surface area contributed by atoms with Gasteiger partial charge in [-0.25, -0.2) is 9.48 Å². The van der Waals surface area contributed by atoms with Gasteiger partial charge in [0.25, 0.3) is 0 Å². The molecule has 1 aromatic carbocycles. The fourth-order valence-corrected chi connectivity index (χ4v) is 3.56. The van der Waals surface area contributed by atoms with Gasteiger partial charge >= 0.3 is 6.09 Å². The molecule has 0 bridgehead atoms. The number of allylic oxidation sites excluding steroid dienone is 1. The van der Waals surface area contributed by atoms with E-state index in [0.717, 1.165) is 0 Å². The van der Waals surface area contributed by atoms with Crippen molar-refractivity contribution in [3.63, 3.8) is 0 Å². The number of hydrogen-bond acceptors (Lipinski definition) is 8. The van der Waals surface area contributed by atoms with Crippen LogP contribution in [0.3, 0.4) is 0 Å². The number of nitrogens with zero attached hydrogens (tertiary/aromatic N) is 4. The fraction of sp³-hybridized carbons (Fsp3) is 0.421. The lowest BCUT2D eigenvalue weighted by atomic mass is 10.1. The van der Waals surface area contributed by atoms with E-state index >= 15 is 0 Å². The van der Waals surface area contributed by atoms with Gasteiger partial charge in [0.1, 0.15) is 18.2 Å². The highest BCUT2D eigenvalue weighted by atomic mass is 16.6. The second-order valence-corrected chi connectivity index (χ2v) is 6.90. The predicted octanol–water partition coefficient (Wildman–Crippen LogP) is 1.56. The molecule has 0 spiro atoms. The zero-order valence-corrected chi connectivity index (χ0v) is 15.9. The van der Waals surface area contributed by atoms with Crippen LogP contribution in [0.2, 0.25) is 0 Å². The molecule has 2 fully saturated rings. The van der Waals surface area contributed by atoms with E-state index in [1.54, 1.807) is 35.0 Å². The number of fused-ring (bicyclic) bond motifs is 1. The van der Waals surface area contributed by atoms with Gasteiger partial charge in [-0.05, 0) is 41.6 Å². The summed E-state index contributed by atoms with van der Waals surface area (Å²) in [6.45, 7) is 5.78. The van der Waals surface area contributed by atoms with Gasteiger partial charge in [0, 0.05) is 17.7 Å². The number of carbonyl (C=O) groups excluding carboxylic acids is 2. The van der Waals surface area contributed by atoms with Gasteiger partial charge in [-0.2, -0.15) is 0 Å². The summed E-state index contributed by atoms with van der Waals surface area (Å²) in [6, 6.07) is 6.38. The van der Waals surface area contributed by atoms with Crippen molar-refractivity contribution in [1.82, 2.24) is 20.2 Å². The predicted molar refractivity (Wildman–Crippen MR) is 101 cm³/mol. The number of tetrazole rings is 1. The number of carbonyl (C=O) groups is 2. The van der Waals surface area contributed by atoms with Gasteiger partial charge in [-0.1, -0.05) is 6.08 Å². The lowest BCUT2D eigenvalue weighted by molar-refractivity contribution is 0.00765. The molecule has 4 atom stereocenters. The van der Waals surface area contributed by atoms with Gasteiger partial charge in [0.2, 0.25) is 0 Å². The molecule has 10 heteroatoms. The maximum Gasteiger partial charge on any atom is 0.412 e. The molecule has 29 heavy (non-hydrogen) atoms. The summed E-state index contributed by atoms with van der Waals surface area (Å²) in [6.07, 6.45) is 0.398.